The Morgan fingerprint density at radius 3 is 2.60 bits per heavy atom. The number of allylic oxidation sites excluding steroid dienone is 1. The highest BCUT2D eigenvalue weighted by molar-refractivity contribution is 8.01. The Kier molecular flexibility index (Phi) is 9.13. The maximum Gasteiger partial charge on any atom is 0.322 e. The standard InChI is InChI=1S/C32H46N4O3S.H2/c1-21(2)12-18-36-30(38)27(40-31(36)29-22(3)8-7-9-23(29)4)20-28(37)34-16-14-25(15-17-34)35-19-13-24-10-5-6-11-26(24)33-32(35)39;/h5-6,8,10-11,21,23,25,27,29,31H,7,9,12-20H2,1-4H3,(H,33,39);1H. The average molecular weight is 569 g/mol. The lowest BCUT2D eigenvalue weighted by Gasteiger charge is -2.38. The number of para-hydroxylation sites is 1. The van der Waals surface area contributed by atoms with Crippen molar-refractivity contribution in [3.05, 3.63) is 41.5 Å². The third-order valence-electron chi connectivity index (χ3n) is 9.41. The molecule has 0 saturated carbocycles. The van der Waals surface area contributed by atoms with Gasteiger partial charge in [0.2, 0.25) is 11.8 Å². The summed E-state index contributed by atoms with van der Waals surface area (Å²) in [6.07, 6.45) is 8.25. The molecular weight excluding hydrogens is 520 g/mol. The Morgan fingerprint density at radius 1 is 1.12 bits per heavy atom. The Labute approximate surface area is 245 Å². The van der Waals surface area contributed by atoms with E-state index in [1.165, 1.54) is 11.1 Å². The molecule has 5 rings (SSSR count). The van der Waals surface area contributed by atoms with Crippen molar-refractivity contribution in [2.24, 2.45) is 17.8 Å². The van der Waals surface area contributed by atoms with Crippen molar-refractivity contribution in [2.75, 3.05) is 31.5 Å². The first-order valence-corrected chi connectivity index (χ1v) is 16.2. The number of benzene rings is 1. The molecule has 220 valence electrons. The molecule has 4 amide bonds. The minimum Gasteiger partial charge on any atom is -0.342 e. The van der Waals surface area contributed by atoms with Crippen molar-refractivity contribution < 1.29 is 15.8 Å². The van der Waals surface area contributed by atoms with E-state index in [4.69, 9.17) is 0 Å². The first-order valence-electron chi connectivity index (χ1n) is 15.3. The first kappa shape index (κ1) is 29.0. The SMILES string of the molecule is CC1=CCCC(C)C1C1SC(CC(=O)N2CCC(N3CCc4ccccc4NC3=O)CC2)C(=O)N1CCC(C)C.[HH]. The van der Waals surface area contributed by atoms with Gasteiger partial charge >= 0.3 is 6.03 Å². The summed E-state index contributed by atoms with van der Waals surface area (Å²) in [4.78, 5) is 46.1. The van der Waals surface area contributed by atoms with E-state index >= 15 is 0 Å². The van der Waals surface area contributed by atoms with E-state index in [0.717, 1.165) is 50.8 Å². The van der Waals surface area contributed by atoms with Gasteiger partial charge in [-0.3, -0.25) is 9.59 Å². The fourth-order valence-electron chi connectivity index (χ4n) is 6.96. The Balaban J connectivity index is 0.00000387. The molecule has 0 aromatic heterocycles. The largest absolute Gasteiger partial charge is 0.342 e. The summed E-state index contributed by atoms with van der Waals surface area (Å²) in [5.41, 5.74) is 3.46. The second-order valence-corrected chi connectivity index (χ2v) is 13.9. The Bertz CT molecular complexity index is 1140. The van der Waals surface area contributed by atoms with Gasteiger partial charge in [-0.2, -0.15) is 0 Å². The second kappa shape index (κ2) is 12.6. The molecule has 40 heavy (non-hydrogen) atoms. The summed E-state index contributed by atoms with van der Waals surface area (Å²) >= 11 is 1.73. The molecule has 1 N–H and O–H groups in total. The van der Waals surface area contributed by atoms with Gasteiger partial charge in [0.15, 0.2) is 0 Å². The minimum absolute atomic E-state index is 0. The third-order valence-corrected chi connectivity index (χ3v) is 10.9. The van der Waals surface area contributed by atoms with E-state index in [-0.39, 0.29) is 42.4 Å². The van der Waals surface area contributed by atoms with Gasteiger partial charge in [-0.05, 0) is 68.9 Å². The van der Waals surface area contributed by atoms with Gasteiger partial charge in [0.05, 0.1) is 10.6 Å². The van der Waals surface area contributed by atoms with E-state index in [2.05, 4.69) is 50.1 Å². The number of hydrogen-bond donors (Lipinski definition) is 1. The summed E-state index contributed by atoms with van der Waals surface area (Å²) in [7, 11) is 0. The molecule has 2 saturated heterocycles. The van der Waals surface area contributed by atoms with Crippen LogP contribution in [0.4, 0.5) is 10.5 Å². The zero-order valence-electron chi connectivity index (χ0n) is 24.6. The fraction of sp³-hybridized carbons (Fsp3) is 0.656. The van der Waals surface area contributed by atoms with Gasteiger partial charge in [0.1, 0.15) is 0 Å². The number of nitrogens with zero attached hydrogens (tertiary/aromatic N) is 3. The van der Waals surface area contributed by atoms with Crippen molar-refractivity contribution in [3.63, 3.8) is 0 Å². The summed E-state index contributed by atoms with van der Waals surface area (Å²) in [6, 6.07) is 8.07. The molecule has 7 nitrogen and oxygen atoms in total. The number of hydrogen-bond acceptors (Lipinski definition) is 4. The number of likely N-dealkylation sites (tertiary alicyclic amines) is 1. The zero-order chi connectivity index (χ0) is 28.4. The van der Waals surface area contributed by atoms with Crippen molar-refractivity contribution >= 4 is 35.3 Å². The molecule has 0 bridgehead atoms. The average Bonchev–Trinajstić information content (AvgIpc) is 3.11. The van der Waals surface area contributed by atoms with Crippen LogP contribution in [0.2, 0.25) is 0 Å². The van der Waals surface area contributed by atoms with Crippen LogP contribution in [0, 0.1) is 17.8 Å². The molecule has 0 spiro atoms. The maximum absolute atomic E-state index is 13.7. The van der Waals surface area contributed by atoms with Gasteiger partial charge in [-0.25, -0.2) is 4.79 Å². The predicted octanol–water partition coefficient (Wildman–Crippen LogP) is 6.01. The number of thioether (sulfide) groups is 1. The maximum atomic E-state index is 13.7. The molecule has 8 heteroatoms. The van der Waals surface area contributed by atoms with Crippen LogP contribution >= 0.6 is 11.8 Å². The van der Waals surface area contributed by atoms with Crippen molar-refractivity contribution in [1.82, 2.24) is 14.7 Å². The predicted molar refractivity (Wildman–Crippen MR) is 164 cm³/mol. The van der Waals surface area contributed by atoms with Crippen LogP contribution in [0.5, 0.6) is 0 Å². The number of piperidine rings is 1. The highest BCUT2D eigenvalue weighted by atomic mass is 32.2. The third kappa shape index (κ3) is 6.22. The first-order chi connectivity index (χ1) is 19.2. The molecule has 4 atom stereocenters. The number of nitrogens with one attached hydrogen (secondary N) is 1. The molecule has 4 aliphatic rings. The highest BCUT2D eigenvalue weighted by Gasteiger charge is 2.47. The number of rotatable bonds is 7. The zero-order valence-corrected chi connectivity index (χ0v) is 25.4. The van der Waals surface area contributed by atoms with Crippen LogP contribution in [0.15, 0.2) is 35.9 Å². The molecular formula is C32H48N4O3S. The van der Waals surface area contributed by atoms with Crippen LogP contribution in [0.1, 0.15) is 73.2 Å². The summed E-state index contributed by atoms with van der Waals surface area (Å²) in [5.74, 6) is 1.64. The summed E-state index contributed by atoms with van der Waals surface area (Å²) in [5, 5.41) is 2.88. The molecule has 3 heterocycles. The Morgan fingerprint density at radius 2 is 1.88 bits per heavy atom. The number of urea groups is 1. The van der Waals surface area contributed by atoms with Gasteiger partial charge in [0.25, 0.3) is 0 Å². The number of fused-ring (bicyclic) bond motifs is 1. The van der Waals surface area contributed by atoms with E-state index < -0.39 is 0 Å². The lowest BCUT2D eigenvalue weighted by Crippen LogP contribution is -2.50. The minimum atomic E-state index is -0.306. The van der Waals surface area contributed by atoms with E-state index in [9.17, 15) is 14.4 Å². The van der Waals surface area contributed by atoms with Crippen molar-refractivity contribution in [1.29, 1.82) is 0 Å². The highest BCUT2D eigenvalue weighted by Crippen LogP contribution is 2.45. The molecule has 1 aromatic rings. The van der Waals surface area contributed by atoms with Crippen LogP contribution in [-0.2, 0) is 16.0 Å². The van der Waals surface area contributed by atoms with Crippen LogP contribution in [0.25, 0.3) is 0 Å². The van der Waals surface area contributed by atoms with Crippen molar-refractivity contribution in [3.8, 4) is 0 Å². The molecule has 1 aliphatic carbocycles. The number of carbonyl (C=O) groups excluding carboxylic acids is 3. The van der Waals surface area contributed by atoms with Gasteiger partial charge in [0, 0.05) is 51.7 Å². The fourth-order valence-corrected chi connectivity index (χ4v) is 8.79. The quantitative estimate of drug-likeness (QED) is 0.409. The molecule has 0 radical (unpaired) electrons. The molecule has 4 unspecified atom stereocenters. The molecule has 3 aliphatic heterocycles. The number of carbonyl (C=O) groups is 3. The van der Waals surface area contributed by atoms with E-state index in [1.54, 1.807) is 11.8 Å². The summed E-state index contributed by atoms with van der Waals surface area (Å²) in [6.45, 7) is 11.7. The topological polar surface area (TPSA) is 73.0 Å². The van der Waals surface area contributed by atoms with Crippen LogP contribution in [0.3, 0.4) is 0 Å². The normalized spacial score (nSPS) is 27.9. The van der Waals surface area contributed by atoms with Crippen molar-refractivity contribution in [2.45, 2.75) is 89.3 Å². The van der Waals surface area contributed by atoms with E-state index in [0.29, 0.717) is 37.4 Å². The van der Waals surface area contributed by atoms with Crippen LogP contribution in [-0.4, -0.2) is 75.4 Å². The monoisotopic (exact) mass is 568 g/mol. The molecule has 1 aromatic carbocycles. The van der Waals surface area contributed by atoms with Gasteiger partial charge < -0.3 is 20.0 Å². The van der Waals surface area contributed by atoms with Gasteiger partial charge in [-0.1, -0.05) is 50.6 Å². The van der Waals surface area contributed by atoms with Crippen LogP contribution < -0.4 is 5.32 Å². The van der Waals surface area contributed by atoms with Gasteiger partial charge in [-0.15, -0.1) is 11.8 Å². The number of anilines is 1. The van der Waals surface area contributed by atoms with E-state index in [1.807, 2.05) is 28.0 Å². The lowest BCUT2D eigenvalue weighted by atomic mass is 9.79. The smallest absolute Gasteiger partial charge is 0.322 e. The second-order valence-electron chi connectivity index (χ2n) is 12.6. The lowest BCUT2D eigenvalue weighted by molar-refractivity contribution is -0.137. The molecule has 2 fully saturated rings. The Hall–Kier alpha value is -2.48. The number of amides is 4. The summed E-state index contributed by atoms with van der Waals surface area (Å²) < 4.78 is 0.